The van der Waals surface area contributed by atoms with Gasteiger partial charge in [0.15, 0.2) is 8.07 Å². The molecule has 1 aliphatic rings. The first-order chi connectivity index (χ1) is 37.6. The molecule has 0 amide bonds. The van der Waals surface area contributed by atoms with Crippen molar-refractivity contribution in [1.82, 2.24) is 0 Å². The molecule has 0 unspecified atom stereocenters. The minimum atomic E-state index is -2.80. The van der Waals surface area contributed by atoms with Gasteiger partial charge in [-0.1, -0.05) is 228 Å². The van der Waals surface area contributed by atoms with Gasteiger partial charge in [-0.15, -0.1) is 0 Å². The molecule has 12 aromatic carbocycles. The third-order valence-electron chi connectivity index (χ3n) is 17.3. The Bertz CT molecular complexity index is 4310. The van der Waals surface area contributed by atoms with E-state index < -0.39 is 8.07 Å². The summed E-state index contributed by atoms with van der Waals surface area (Å²) in [7, 11) is -2.80. The molecule has 2 heteroatoms. The zero-order chi connectivity index (χ0) is 50.7. The van der Waals surface area contributed by atoms with Gasteiger partial charge in [0.25, 0.3) is 0 Å². The number of furan rings is 1. The van der Waals surface area contributed by atoms with Crippen molar-refractivity contribution in [3.63, 3.8) is 0 Å². The van der Waals surface area contributed by atoms with Crippen LogP contribution in [0, 0.1) is 0 Å². The largest absolute Gasteiger partial charge is 0.456 e. The van der Waals surface area contributed by atoms with Crippen LogP contribution in [0.4, 0.5) is 0 Å². The van der Waals surface area contributed by atoms with E-state index in [1.165, 1.54) is 170 Å². The van der Waals surface area contributed by atoms with E-state index >= 15 is 0 Å². The second-order valence-electron chi connectivity index (χ2n) is 21.8. The van der Waals surface area contributed by atoms with Gasteiger partial charge >= 0.3 is 0 Å². The number of hydrogen-bond acceptors (Lipinski definition) is 1. The molecular weight excluding hydrogens is 933 g/mol. The highest BCUT2D eigenvalue weighted by Gasteiger charge is 2.49. The maximum Gasteiger partial charge on any atom is 0.180 e. The van der Waals surface area contributed by atoms with Crippen LogP contribution in [0.3, 0.4) is 0 Å². The van der Waals surface area contributed by atoms with Gasteiger partial charge in [-0.25, -0.2) is 0 Å². The fraction of sp³-hybridized carbons (Fsp3) is 0.162. The first-order valence-corrected chi connectivity index (χ1v) is 30.2. The SMILES string of the molecule is CCCCCCc1ccc([Si]2(c3ccc(CCCCCC)cc3)c3ccccc3-c3cc4c5ccccc5c5cc(-c6ccc7oc8ccc(-c9ccc%10ccc%11ccccc%11c%10c9)cc8c7c6)ccc5c4cc32)cc1. The molecule has 0 saturated carbocycles. The number of hydrogen-bond donors (Lipinski definition) is 0. The molecule has 0 bridgehead atoms. The van der Waals surface area contributed by atoms with Crippen LogP contribution in [-0.4, -0.2) is 8.07 Å². The molecule has 0 N–H and O–H groups in total. The van der Waals surface area contributed by atoms with Gasteiger partial charge in [-0.05, 0) is 187 Å². The predicted molar refractivity (Wildman–Crippen MR) is 330 cm³/mol. The van der Waals surface area contributed by atoms with Crippen molar-refractivity contribution < 1.29 is 4.42 Å². The number of rotatable bonds is 14. The van der Waals surface area contributed by atoms with Crippen molar-refractivity contribution in [2.24, 2.45) is 0 Å². The molecule has 14 rings (SSSR count). The molecule has 1 aromatic heterocycles. The monoisotopic (exact) mass is 994 g/mol. The third-order valence-corrected chi connectivity index (χ3v) is 22.2. The van der Waals surface area contributed by atoms with Crippen LogP contribution in [-0.2, 0) is 12.8 Å². The smallest absolute Gasteiger partial charge is 0.180 e. The molecule has 0 aliphatic carbocycles. The highest BCUT2D eigenvalue weighted by molar-refractivity contribution is 7.22. The third kappa shape index (κ3) is 7.71. The van der Waals surface area contributed by atoms with Crippen molar-refractivity contribution in [2.75, 3.05) is 0 Å². The molecular formula is C74H62OSi. The molecule has 0 fully saturated rings. The summed E-state index contributed by atoms with van der Waals surface area (Å²) in [5, 5.41) is 21.1. The average Bonchev–Trinajstić information content (AvgIpc) is 4.04. The second kappa shape index (κ2) is 19.3. The van der Waals surface area contributed by atoms with Gasteiger partial charge in [-0.2, -0.15) is 0 Å². The Labute approximate surface area is 447 Å². The summed E-state index contributed by atoms with van der Waals surface area (Å²) in [6.45, 7) is 4.60. The summed E-state index contributed by atoms with van der Waals surface area (Å²) < 4.78 is 6.54. The predicted octanol–water partition coefficient (Wildman–Crippen LogP) is 18.3. The molecule has 0 atom stereocenters. The van der Waals surface area contributed by atoms with Crippen LogP contribution in [0.15, 0.2) is 223 Å². The number of benzene rings is 12. The Morgan fingerprint density at radius 1 is 0.303 bits per heavy atom. The van der Waals surface area contributed by atoms with Gasteiger partial charge < -0.3 is 4.42 Å². The van der Waals surface area contributed by atoms with Gasteiger partial charge in [0.05, 0.1) is 0 Å². The van der Waals surface area contributed by atoms with Crippen LogP contribution >= 0.6 is 0 Å². The summed E-state index contributed by atoms with van der Waals surface area (Å²) in [5.41, 5.74) is 12.3. The normalized spacial score (nSPS) is 13.0. The molecule has 0 radical (unpaired) electrons. The van der Waals surface area contributed by atoms with Crippen molar-refractivity contribution in [3.8, 4) is 33.4 Å². The maximum absolute atomic E-state index is 6.54. The summed E-state index contributed by atoms with van der Waals surface area (Å²) >= 11 is 0. The Hall–Kier alpha value is -8.04. The number of fused-ring (bicyclic) bond motifs is 15. The van der Waals surface area contributed by atoms with E-state index in [9.17, 15) is 0 Å². The van der Waals surface area contributed by atoms with Crippen molar-refractivity contribution >= 4 is 105 Å². The van der Waals surface area contributed by atoms with Crippen molar-refractivity contribution in [1.29, 1.82) is 0 Å². The lowest BCUT2D eigenvalue weighted by Gasteiger charge is -2.32. The average molecular weight is 995 g/mol. The minimum absolute atomic E-state index is 0.906. The summed E-state index contributed by atoms with van der Waals surface area (Å²) in [5.74, 6) is 0. The van der Waals surface area contributed by atoms with Gasteiger partial charge in [0.1, 0.15) is 11.2 Å². The topological polar surface area (TPSA) is 13.1 Å². The van der Waals surface area contributed by atoms with Gasteiger partial charge in [-0.3, -0.25) is 0 Å². The van der Waals surface area contributed by atoms with Crippen molar-refractivity contribution in [3.05, 3.63) is 230 Å². The van der Waals surface area contributed by atoms with E-state index in [0.29, 0.717) is 0 Å². The van der Waals surface area contributed by atoms with Crippen LogP contribution in [0.1, 0.15) is 76.3 Å². The quantitative estimate of drug-likeness (QED) is 0.0601. The molecule has 76 heavy (non-hydrogen) atoms. The summed E-state index contributed by atoms with van der Waals surface area (Å²) in [6.07, 6.45) is 12.5. The maximum atomic E-state index is 6.54. The standard InChI is InChI=1S/C74H62OSi/c1-3-5-7-9-17-49-25-36-57(37-26-49)76(58-38-27-50(28-39-58)18-10-8-6-4-2)73-24-16-15-23-63(73)70-47-66-61-22-14-13-21-60(61)65-44-54(33-40-62(65)67(66)48-74(70)76)56-35-42-72-69(46-56)68-45-55(34-41-71(68)75-72)53-32-31-52-30-29-51-19-11-12-20-59(51)64(52)43-53/h11-16,19-48H,3-10,17-18H2,1-2H3. The Kier molecular flexibility index (Phi) is 11.8. The number of aryl methyl sites for hydroxylation is 2. The lowest BCUT2D eigenvalue weighted by molar-refractivity contribution is 0.667. The molecule has 0 spiro atoms. The Balaban J connectivity index is 0.917. The fourth-order valence-corrected chi connectivity index (χ4v) is 18.5. The van der Waals surface area contributed by atoms with Crippen LogP contribution < -0.4 is 20.7 Å². The lowest BCUT2D eigenvalue weighted by Crippen LogP contribution is -2.72. The van der Waals surface area contributed by atoms with Crippen LogP contribution in [0.25, 0.3) is 109 Å². The highest BCUT2D eigenvalue weighted by atomic mass is 28.3. The van der Waals surface area contributed by atoms with E-state index in [1.807, 2.05) is 0 Å². The Morgan fingerprint density at radius 3 is 1.38 bits per heavy atom. The molecule has 2 heterocycles. The van der Waals surface area contributed by atoms with E-state index in [4.69, 9.17) is 4.42 Å². The second-order valence-corrected chi connectivity index (χ2v) is 25.5. The first-order valence-electron chi connectivity index (χ1n) is 28.2. The zero-order valence-corrected chi connectivity index (χ0v) is 44.8. The molecule has 1 nitrogen and oxygen atoms in total. The minimum Gasteiger partial charge on any atom is -0.456 e. The van der Waals surface area contributed by atoms with E-state index in [2.05, 4.69) is 232 Å². The lowest BCUT2D eigenvalue weighted by atomic mass is 9.90. The van der Waals surface area contributed by atoms with Crippen LogP contribution in [0.2, 0.25) is 0 Å². The first kappa shape index (κ1) is 46.5. The van der Waals surface area contributed by atoms with Gasteiger partial charge in [0.2, 0.25) is 0 Å². The molecule has 13 aromatic rings. The zero-order valence-electron chi connectivity index (χ0n) is 43.8. The number of unbranched alkanes of at least 4 members (excludes halogenated alkanes) is 6. The summed E-state index contributed by atoms with van der Waals surface area (Å²) in [4.78, 5) is 0. The van der Waals surface area contributed by atoms with Gasteiger partial charge in [0, 0.05) is 10.8 Å². The molecule has 368 valence electrons. The highest BCUT2D eigenvalue weighted by Crippen LogP contribution is 2.42. The van der Waals surface area contributed by atoms with E-state index in [-0.39, 0.29) is 0 Å². The van der Waals surface area contributed by atoms with Crippen LogP contribution in [0.5, 0.6) is 0 Å². The molecule has 0 saturated heterocycles. The fourth-order valence-electron chi connectivity index (χ4n) is 13.4. The van der Waals surface area contributed by atoms with E-state index in [1.54, 1.807) is 0 Å². The Morgan fingerprint density at radius 2 is 0.763 bits per heavy atom. The summed E-state index contributed by atoms with van der Waals surface area (Å²) in [6, 6.07) is 84.3. The molecule has 1 aliphatic heterocycles. The van der Waals surface area contributed by atoms with E-state index in [0.717, 1.165) is 34.8 Å². The van der Waals surface area contributed by atoms with Crippen molar-refractivity contribution in [2.45, 2.75) is 78.1 Å².